The van der Waals surface area contributed by atoms with E-state index >= 15 is 0 Å². The number of nitrogens with two attached hydrogens (primary N) is 1. The van der Waals surface area contributed by atoms with Gasteiger partial charge in [0.2, 0.25) is 0 Å². The molecule has 3 nitrogen and oxygen atoms in total. The van der Waals surface area contributed by atoms with E-state index in [1.165, 1.54) is 0 Å². The fourth-order valence-electron chi connectivity index (χ4n) is 1.52. The summed E-state index contributed by atoms with van der Waals surface area (Å²) in [5, 5.41) is 0. The van der Waals surface area contributed by atoms with Crippen molar-refractivity contribution in [1.82, 2.24) is 4.98 Å². The normalized spacial score (nSPS) is 12.2. The van der Waals surface area contributed by atoms with Crippen LogP contribution >= 0.6 is 15.9 Å². The molecule has 0 bridgehead atoms. The van der Waals surface area contributed by atoms with Crippen molar-refractivity contribution < 1.29 is 4.74 Å². The van der Waals surface area contributed by atoms with Crippen molar-refractivity contribution in [3.8, 4) is 5.75 Å². The maximum absolute atomic E-state index is 5.79. The summed E-state index contributed by atoms with van der Waals surface area (Å²) in [6.45, 7) is 2.42. The second-order valence-corrected chi connectivity index (χ2v) is 5.03. The number of ether oxygens (including phenoxy) is 1. The molecule has 1 atom stereocenters. The number of halogens is 1. The Balaban J connectivity index is 1.95. The molecule has 0 saturated carbocycles. The minimum absolute atomic E-state index is 0.0483. The quantitative estimate of drug-likeness (QED) is 0.941. The van der Waals surface area contributed by atoms with Crippen molar-refractivity contribution in [3.63, 3.8) is 0 Å². The second kappa shape index (κ2) is 5.98. The van der Waals surface area contributed by atoms with Crippen LogP contribution in [0.4, 0.5) is 0 Å². The van der Waals surface area contributed by atoms with Crippen LogP contribution < -0.4 is 10.5 Å². The molecule has 0 aliphatic heterocycles. The van der Waals surface area contributed by atoms with E-state index in [0.29, 0.717) is 6.61 Å². The van der Waals surface area contributed by atoms with E-state index < -0.39 is 0 Å². The van der Waals surface area contributed by atoms with Crippen LogP contribution in [0, 0.1) is 0 Å². The van der Waals surface area contributed by atoms with Gasteiger partial charge in [-0.15, -0.1) is 0 Å². The third kappa shape index (κ3) is 3.55. The van der Waals surface area contributed by atoms with Crippen molar-refractivity contribution >= 4 is 15.9 Å². The largest absolute Gasteiger partial charge is 0.487 e. The van der Waals surface area contributed by atoms with Gasteiger partial charge in [-0.25, -0.2) is 0 Å². The first-order valence-corrected chi connectivity index (χ1v) is 6.53. The first-order chi connectivity index (χ1) is 8.65. The van der Waals surface area contributed by atoms with Crippen molar-refractivity contribution in [2.45, 2.75) is 19.6 Å². The van der Waals surface area contributed by atoms with Crippen LogP contribution in [-0.2, 0) is 6.61 Å². The molecule has 0 fully saturated rings. The highest BCUT2D eigenvalue weighted by atomic mass is 79.9. The van der Waals surface area contributed by atoms with E-state index in [1.54, 1.807) is 6.20 Å². The second-order valence-electron chi connectivity index (χ2n) is 4.11. The molecule has 2 aromatic rings. The summed E-state index contributed by atoms with van der Waals surface area (Å²) in [6.07, 6.45) is 1.76. The lowest BCUT2D eigenvalue weighted by Crippen LogP contribution is -2.04. The first-order valence-electron chi connectivity index (χ1n) is 5.74. The molecule has 2 rings (SSSR count). The standard InChI is InChI=1S/C14H15BrN2O/c1-10(16)11-2-6-14(7-3-11)18-9-13-5-4-12(15)8-17-13/h2-8,10H,9,16H2,1H3/t10-/m1/s1. The van der Waals surface area contributed by atoms with Crippen molar-refractivity contribution in [1.29, 1.82) is 0 Å². The number of hydrogen-bond acceptors (Lipinski definition) is 3. The summed E-state index contributed by atoms with van der Waals surface area (Å²) in [4.78, 5) is 4.25. The van der Waals surface area contributed by atoms with Crippen molar-refractivity contribution in [2.24, 2.45) is 5.73 Å². The van der Waals surface area contributed by atoms with Gasteiger partial charge in [0.15, 0.2) is 0 Å². The van der Waals surface area contributed by atoms with Crippen LogP contribution in [0.15, 0.2) is 47.1 Å². The Morgan fingerprint density at radius 3 is 2.50 bits per heavy atom. The molecule has 0 spiro atoms. The molecule has 18 heavy (non-hydrogen) atoms. The molecule has 0 radical (unpaired) electrons. The Hall–Kier alpha value is -1.39. The average molecular weight is 307 g/mol. The summed E-state index contributed by atoms with van der Waals surface area (Å²) < 4.78 is 6.61. The Labute approximate surface area is 115 Å². The van der Waals surface area contributed by atoms with Crippen LogP contribution in [0.3, 0.4) is 0 Å². The Morgan fingerprint density at radius 1 is 1.22 bits per heavy atom. The summed E-state index contributed by atoms with van der Waals surface area (Å²) in [6, 6.07) is 11.7. The summed E-state index contributed by atoms with van der Waals surface area (Å²) in [5.41, 5.74) is 7.79. The minimum Gasteiger partial charge on any atom is -0.487 e. The molecule has 0 aliphatic rings. The van der Waals surface area contributed by atoms with Crippen LogP contribution in [0.2, 0.25) is 0 Å². The molecule has 1 aromatic heterocycles. The number of pyridine rings is 1. The highest BCUT2D eigenvalue weighted by Crippen LogP contribution is 2.17. The number of hydrogen-bond donors (Lipinski definition) is 1. The maximum atomic E-state index is 5.79. The number of rotatable bonds is 4. The van der Waals surface area contributed by atoms with Gasteiger partial charge in [-0.2, -0.15) is 0 Å². The maximum Gasteiger partial charge on any atom is 0.130 e. The molecule has 0 unspecified atom stereocenters. The highest BCUT2D eigenvalue weighted by Gasteiger charge is 2.00. The zero-order chi connectivity index (χ0) is 13.0. The van der Waals surface area contributed by atoms with E-state index in [4.69, 9.17) is 10.5 Å². The van der Waals surface area contributed by atoms with E-state index in [2.05, 4.69) is 20.9 Å². The van der Waals surface area contributed by atoms with E-state index in [1.807, 2.05) is 43.3 Å². The molecule has 1 aromatic carbocycles. The van der Waals surface area contributed by atoms with Gasteiger partial charge in [-0.05, 0) is 52.7 Å². The van der Waals surface area contributed by atoms with E-state index in [0.717, 1.165) is 21.5 Å². The van der Waals surface area contributed by atoms with Gasteiger partial charge in [-0.1, -0.05) is 12.1 Å². The highest BCUT2D eigenvalue weighted by molar-refractivity contribution is 9.10. The fraction of sp³-hybridized carbons (Fsp3) is 0.214. The van der Waals surface area contributed by atoms with Crippen LogP contribution in [0.5, 0.6) is 5.75 Å². The molecule has 94 valence electrons. The molecule has 2 N–H and O–H groups in total. The lowest BCUT2D eigenvalue weighted by atomic mass is 10.1. The summed E-state index contributed by atoms with van der Waals surface area (Å²) in [7, 11) is 0. The molecule has 0 aliphatic carbocycles. The zero-order valence-corrected chi connectivity index (χ0v) is 11.7. The molecule has 0 saturated heterocycles. The molecular formula is C14H15BrN2O. The Bertz CT molecular complexity index is 494. The Morgan fingerprint density at radius 2 is 1.94 bits per heavy atom. The van der Waals surface area contributed by atoms with Gasteiger partial charge >= 0.3 is 0 Å². The topological polar surface area (TPSA) is 48.1 Å². The van der Waals surface area contributed by atoms with Gasteiger partial charge in [0.05, 0.1) is 5.69 Å². The smallest absolute Gasteiger partial charge is 0.130 e. The zero-order valence-electron chi connectivity index (χ0n) is 10.1. The lowest BCUT2D eigenvalue weighted by molar-refractivity contribution is 0.301. The summed E-state index contributed by atoms with van der Waals surface area (Å²) in [5.74, 6) is 0.823. The third-order valence-electron chi connectivity index (χ3n) is 2.58. The van der Waals surface area contributed by atoms with E-state index in [-0.39, 0.29) is 6.04 Å². The minimum atomic E-state index is 0.0483. The third-order valence-corrected chi connectivity index (χ3v) is 3.05. The monoisotopic (exact) mass is 306 g/mol. The van der Waals surface area contributed by atoms with Crippen molar-refractivity contribution in [3.05, 3.63) is 58.3 Å². The predicted molar refractivity (Wildman–Crippen MR) is 75.3 cm³/mol. The number of nitrogens with zero attached hydrogens (tertiary/aromatic N) is 1. The fourth-order valence-corrected chi connectivity index (χ4v) is 1.75. The summed E-state index contributed by atoms with van der Waals surface area (Å²) >= 11 is 3.35. The molecule has 1 heterocycles. The van der Waals surface area contributed by atoms with Crippen LogP contribution in [0.1, 0.15) is 24.2 Å². The molecule has 0 amide bonds. The van der Waals surface area contributed by atoms with Gasteiger partial charge in [0.1, 0.15) is 12.4 Å². The van der Waals surface area contributed by atoms with Gasteiger partial charge in [0, 0.05) is 16.7 Å². The Kier molecular flexibility index (Phi) is 4.33. The van der Waals surface area contributed by atoms with Gasteiger partial charge in [-0.3, -0.25) is 4.98 Å². The predicted octanol–water partition coefficient (Wildman–Crippen LogP) is 3.44. The van der Waals surface area contributed by atoms with Crippen molar-refractivity contribution in [2.75, 3.05) is 0 Å². The molecule has 4 heteroatoms. The van der Waals surface area contributed by atoms with Gasteiger partial charge in [0.25, 0.3) is 0 Å². The number of aromatic nitrogens is 1. The SMILES string of the molecule is C[C@@H](N)c1ccc(OCc2ccc(Br)cn2)cc1. The van der Waals surface area contributed by atoms with Gasteiger partial charge < -0.3 is 10.5 Å². The van der Waals surface area contributed by atoms with Crippen LogP contribution in [0.25, 0.3) is 0 Å². The average Bonchev–Trinajstić information content (AvgIpc) is 2.38. The molecular weight excluding hydrogens is 292 g/mol. The van der Waals surface area contributed by atoms with E-state index in [9.17, 15) is 0 Å². The first kappa shape index (κ1) is 13.1. The lowest BCUT2D eigenvalue weighted by Gasteiger charge is -2.08. The van der Waals surface area contributed by atoms with Crippen LogP contribution in [-0.4, -0.2) is 4.98 Å². The number of benzene rings is 1.